The van der Waals surface area contributed by atoms with E-state index in [2.05, 4.69) is 0 Å². The molecule has 8 heteroatoms. The van der Waals surface area contributed by atoms with Crippen LogP contribution in [0.1, 0.15) is 23.8 Å². The second-order valence-corrected chi connectivity index (χ2v) is 7.91. The molecule has 1 aliphatic heterocycles. The third-order valence-electron chi connectivity index (χ3n) is 3.73. The lowest BCUT2D eigenvalue weighted by Crippen LogP contribution is -2.30. The fraction of sp³-hybridized carbons (Fsp3) is 0.286. The van der Waals surface area contributed by atoms with Gasteiger partial charge in [-0.15, -0.1) is 11.3 Å². The summed E-state index contributed by atoms with van der Waals surface area (Å²) in [6.45, 7) is 0.474. The first-order chi connectivity index (χ1) is 10.5. The predicted octanol–water partition coefficient (Wildman–Crippen LogP) is 3.18. The minimum atomic E-state index is -3.64. The number of nitrogens with zero attached hydrogens (tertiary/aromatic N) is 2. The highest BCUT2D eigenvalue weighted by Crippen LogP contribution is 2.38. The number of benzene rings is 1. The summed E-state index contributed by atoms with van der Waals surface area (Å²) in [5.41, 5.74) is -0.116. The number of non-ortho nitro benzene ring substituents is 1. The maximum atomic E-state index is 12.8. The average Bonchev–Trinajstić information content (AvgIpc) is 3.18. The van der Waals surface area contributed by atoms with Crippen LogP contribution in [0.3, 0.4) is 0 Å². The van der Waals surface area contributed by atoms with Gasteiger partial charge in [-0.05, 0) is 36.4 Å². The van der Waals surface area contributed by atoms with Crippen LogP contribution in [0.15, 0.2) is 46.7 Å². The molecular weight excluding hydrogens is 324 g/mol. The smallest absolute Gasteiger partial charge is 0.258 e. The molecular formula is C14H14N2O4S2. The van der Waals surface area contributed by atoms with Gasteiger partial charge in [-0.3, -0.25) is 10.1 Å². The van der Waals surface area contributed by atoms with Crippen LogP contribution in [-0.4, -0.2) is 24.2 Å². The molecule has 1 atom stereocenters. The van der Waals surface area contributed by atoms with Crippen molar-refractivity contribution in [3.05, 3.63) is 56.8 Å². The molecule has 0 amide bonds. The third kappa shape index (κ3) is 2.65. The fourth-order valence-corrected chi connectivity index (χ4v) is 5.28. The van der Waals surface area contributed by atoms with E-state index in [0.29, 0.717) is 6.54 Å². The van der Waals surface area contributed by atoms with Gasteiger partial charge in [0.1, 0.15) is 0 Å². The summed E-state index contributed by atoms with van der Waals surface area (Å²) in [6, 6.07) is 8.77. The number of nitro benzene ring substituents is 1. The van der Waals surface area contributed by atoms with Crippen LogP contribution in [0.25, 0.3) is 0 Å². The van der Waals surface area contributed by atoms with Gasteiger partial charge in [0, 0.05) is 23.6 Å². The van der Waals surface area contributed by atoms with Gasteiger partial charge in [0.25, 0.3) is 5.69 Å². The molecule has 2 heterocycles. The van der Waals surface area contributed by atoms with Crippen molar-refractivity contribution in [2.75, 3.05) is 6.54 Å². The zero-order valence-electron chi connectivity index (χ0n) is 11.6. The lowest BCUT2D eigenvalue weighted by atomic mass is 10.2. The van der Waals surface area contributed by atoms with Crippen molar-refractivity contribution in [2.24, 2.45) is 0 Å². The topological polar surface area (TPSA) is 80.5 Å². The normalized spacial score (nSPS) is 19.4. The number of thiophene rings is 1. The van der Waals surface area contributed by atoms with E-state index >= 15 is 0 Å². The lowest BCUT2D eigenvalue weighted by Gasteiger charge is -2.23. The molecule has 22 heavy (non-hydrogen) atoms. The van der Waals surface area contributed by atoms with Crippen LogP contribution >= 0.6 is 11.3 Å². The highest BCUT2D eigenvalue weighted by atomic mass is 32.2. The maximum Gasteiger partial charge on any atom is 0.269 e. The molecule has 1 aromatic heterocycles. The Balaban J connectivity index is 1.93. The van der Waals surface area contributed by atoms with Gasteiger partial charge >= 0.3 is 0 Å². The standard InChI is InChI=1S/C14H14N2O4S2/c17-16(18)11-5-7-12(8-6-11)22(19,20)15-9-1-3-13(15)14-4-2-10-21-14/h2,4-8,10,13H,1,3,9H2/t13-/m1/s1. The number of hydrogen-bond donors (Lipinski definition) is 0. The third-order valence-corrected chi connectivity index (χ3v) is 6.63. The highest BCUT2D eigenvalue weighted by molar-refractivity contribution is 7.89. The summed E-state index contributed by atoms with van der Waals surface area (Å²) in [5, 5.41) is 12.6. The average molecular weight is 338 g/mol. The first kappa shape index (κ1) is 15.1. The molecule has 6 nitrogen and oxygen atoms in total. The molecule has 1 saturated heterocycles. The molecule has 3 rings (SSSR count). The zero-order valence-corrected chi connectivity index (χ0v) is 13.2. The van der Waals surface area contributed by atoms with Gasteiger partial charge in [-0.1, -0.05) is 6.07 Å². The molecule has 1 fully saturated rings. The maximum absolute atomic E-state index is 12.8. The molecule has 0 saturated carbocycles. The van der Waals surface area contributed by atoms with Gasteiger partial charge in [-0.25, -0.2) is 8.42 Å². The van der Waals surface area contributed by atoms with Crippen molar-refractivity contribution >= 4 is 27.0 Å². The van der Waals surface area contributed by atoms with Gasteiger partial charge in [0.15, 0.2) is 0 Å². The van der Waals surface area contributed by atoms with E-state index in [-0.39, 0.29) is 16.6 Å². The molecule has 0 aliphatic carbocycles. The van der Waals surface area contributed by atoms with Crippen LogP contribution < -0.4 is 0 Å². The summed E-state index contributed by atoms with van der Waals surface area (Å²) >= 11 is 1.55. The Bertz CT molecular complexity index is 770. The fourth-order valence-electron chi connectivity index (χ4n) is 2.67. The van der Waals surface area contributed by atoms with Crippen LogP contribution in [0.4, 0.5) is 5.69 Å². The van der Waals surface area contributed by atoms with E-state index in [0.717, 1.165) is 17.7 Å². The van der Waals surface area contributed by atoms with E-state index in [1.165, 1.54) is 28.6 Å². The Morgan fingerprint density at radius 2 is 1.95 bits per heavy atom. The summed E-state index contributed by atoms with van der Waals surface area (Å²) in [7, 11) is -3.64. The van der Waals surface area contributed by atoms with E-state index in [1.807, 2.05) is 17.5 Å². The summed E-state index contributed by atoms with van der Waals surface area (Å²) < 4.78 is 27.1. The molecule has 0 bridgehead atoms. The Morgan fingerprint density at radius 3 is 2.55 bits per heavy atom. The molecule has 1 aliphatic rings. The second kappa shape index (κ2) is 5.79. The zero-order chi connectivity index (χ0) is 15.7. The molecule has 0 radical (unpaired) electrons. The van der Waals surface area contributed by atoms with Crippen LogP contribution in [0.2, 0.25) is 0 Å². The Morgan fingerprint density at radius 1 is 1.23 bits per heavy atom. The van der Waals surface area contributed by atoms with Crippen molar-refractivity contribution in [1.82, 2.24) is 4.31 Å². The van der Waals surface area contributed by atoms with E-state index in [9.17, 15) is 18.5 Å². The quantitative estimate of drug-likeness (QED) is 0.633. The number of rotatable bonds is 4. The van der Waals surface area contributed by atoms with Gasteiger partial charge in [-0.2, -0.15) is 4.31 Å². The molecule has 1 aromatic carbocycles. The number of hydrogen-bond acceptors (Lipinski definition) is 5. The van der Waals surface area contributed by atoms with Gasteiger partial charge < -0.3 is 0 Å². The molecule has 0 unspecified atom stereocenters. The number of sulfonamides is 1. The van der Waals surface area contributed by atoms with Crippen molar-refractivity contribution in [1.29, 1.82) is 0 Å². The molecule has 2 aromatic rings. The highest BCUT2D eigenvalue weighted by Gasteiger charge is 2.36. The second-order valence-electron chi connectivity index (χ2n) is 5.04. The predicted molar refractivity (Wildman–Crippen MR) is 83.3 cm³/mol. The minimum absolute atomic E-state index is 0.0987. The summed E-state index contributed by atoms with van der Waals surface area (Å²) in [6.07, 6.45) is 1.61. The Hall–Kier alpha value is -1.77. The van der Waals surface area contributed by atoms with Gasteiger partial charge in [0.05, 0.1) is 15.9 Å². The first-order valence-electron chi connectivity index (χ1n) is 6.80. The van der Waals surface area contributed by atoms with Crippen molar-refractivity contribution in [3.63, 3.8) is 0 Å². The summed E-state index contributed by atoms with van der Waals surface area (Å²) in [5.74, 6) is 0. The number of nitro groups is 1. The van der Waals surface area contributed by atoms with Crippen LogP contribution in [-0.2, 0) is 10.0 Å². The summed E-state index contributed by atoms with van der Waals surface area (Å²) in [4.78, 5) is 11.3. The largest absolute Gasteiger partial charge is 0.269 e. The monoisotopic (exact) mass is 338 g/mol. The van der Waals surface area contributed by atoms with Crippen molar-refractivity contribution in [2.45, 2.75) is 23.8 Å². The Kier molecular flexibility index (Phi) is 3.98. The van der Waals surface area contributed by atoms with Crippen LogP contribution in [0.5, 0.6) is 0 Å². The molecule has 116 valence electrons. The van der Waals surface area contributed by atoms with E-state index in [1.54, 1.807) is 11.3 Å². The first-order valence-corrected chi connectivity index (χ1v) is 9.12. The van der Waals surface area contributed by atoms with E-state index < -0.39 is 14.9 Å². The lowest BCUT2D eigenvalue weighted by molar-refractivity contribution is -0.384. The van der Waals surface area contributed by atoms with Crippen molar-refractivity contribution < 1.29 is 13.3 Å². The van der Waals surface area contributed by atoms with Crippen molar-refractivity contribution in [3.8, 4) is 0 Å². The molecule has 0 N–H and O–H groups in total. The van der Waals surface area contributed by atoms with E-state index in [4.69, 9.17) is 0 Å². The van der Waals surface area contributed by atoms with Gasteiger partial charge in [0.2, 0.25) is 10.0 Å². The Labute approximate surface area is 132 Å². The SMILES string of the molecule is O=[N+]([O-])c1ccc(S(=O)(=O)N2CCC[C@@H]2c2cccs2)cc1. The van der Waals surface area contributed by atoms with Crippen LogP contribution in [0, 0.1) is 10.1 Å². The molecule has 0 spiro atoms. The minimum Gasteiger partial charge on any atom is -0.258 e.